The summed E-state index contributed by atoms with van der Waals surface area (Å²) in [5.41, 5.74) is 0.386. The second-order valence-corrected chi connectivity index (χ2v) is 6.99. The average Bonchev–Trinajstić information content (AvgIpc) is 2.97. The molecule has 0 aliphatic rings. The highest BCUT2D eigenvalue weighted by molar-refractivity contribution is 7.89. The zero-order valence-corrected chi connectivity index (χ0v) is 14.3. The first-order chi connectivity index (χ1) is 11.3. The first-order valence-electron chi connectivity index (χ1n) is 7.17. The number of benzene rings is 1. The van der Waals surface area contributed by atoms with E-state index < -0.39 is 10.0 Å². The number of amides is 1. The summed E-state index contributed by atoms with van der Waals surface area (Å²) in [6.07, 6.45) is 5.04. The third-order valence-electron chi connectivity index (χ3n) is 3.31. The van der Waals surface area contributed by atoms with Crippen molar-refractivity contribution >= 4 is 15.9 Å². The lowest BCUT2D eigenvalue weighted by Crippen LogP contribution is -2.26. The van der Waals surface area contributed by atoms with Crippen LogP contribution < -0.4 is 4.72 Å². The number of sulfonamides is 1. The van der Waals surface area contributed by atoms with Gasteiger partial charge in [0.15, 0.2) is 0 Å². The molecule has 0 unspecified atom stereocenters. The zero-order chi connectivity index (χ0) is 17.7. The van der Waals surface area contributed by atoms with E-state index >= 15 is 0 Å². The van der Waals surface area contributed by atoms with Crippen molar-refractivity contribution in [3.8, 4) is 12.3 Å². The molecule has 1 aromatic carbocycles. The van der Waals surface area contributed by atoms with Crippen molar-refractivity contribution in [3.63, 3.8) is 0 Å². The van der Waals surface area contributed by atoms with Crippen LogP contribution in [-0.4, -0.2) is 32.8 Å². The summed E-state index contributed by atoms with van der Waals surface area (Å²) < 4.78 is 31.6. The molecule has 0 bridgehead atoms. The summed E-state index contributed by atoms with van der Waals surface area (Å²) in [5, 5.41) is 0. The molecule has 1 N–H and O–H groups in total. The summed E-state index contributed by atoms with van der Waals surface area (Å²) in [6.45, 7) is 2.07. The van der Waals surface area contributed by atoms with E-state index in [-0.39, 0.29) is 17.3 Å². The third kappa shape index (κ3) is 4.25. The number of furan rings is 1. The van der Waals surface area contributed by atoms with Gasteiger partial charge in [-0.3, -0.25) is 4.79 Å². The number of terminal acetylenes is 1. The van der Waals surface area contributed by atoms with Crippen LogP contribution in [0.1, 0.15) is 21.9 Å². The predicted octanol–water partition coefficient (Wildman–Crippen LogP) is 1.77. The lowest BCUT2D eigenvalue weighted by Gasteiger charge is -2.16. The molecule has 0 aliphatic carbocycles. The molecule has 126 valence electrons. The van der Waals surface area contributed by atoms with E-state index in [1.807, 2.05) is 19.1 Å². The fourth-order valence-electron chi connectivity index (χ4n) is 2.09. The zero-order valence-electron chi connectivity index (χ0n) is 13.4. The van der Waals surface area contributed by atoms with Gasteiger partial charge < -0.3 is 9.32 Å². The van der Waals surface area contributed by atoms with Crippen molar-refractivity contribution in [2.75, 3.05) is 13.6 Å². The molecule has 6 nitrogen and oxygen atoms in total. The minimum Gasteiger partial charge on any atom is -0.464 e. The highest BCUT2D eigenvalue weighted by Gasteiger charge is 2.16. The first-order valence-corrected chi connectivity index (χ1v) is 8.66. The fraction of sp³-hybridized carbons (Fsp3) is 0.235. The molecular formula is C17H18N2O4S. The molecule has 0 saturated carbocycles. The van der Waals surface area contributed by atoms with E-state index in [0.29, 0.717) is 17.9 Å². The number of carbonyl (C=O) groups is 1. The standard InChI is InChI=1S/C17H18N2O4S/c1-4-11-18-24(21,22)16-9-6-14(7-10-16)17(20)19(3)12-15-8-5-13(2)23-15/h1,5-10,18H,11-12H2,2-3H3. The normalized spacial score (nSPS) is 11.0. The third-order valence-corrected chi connectivity index (χ3v) is 4.73. The predicted molar refractivity (Wildman–Crippen MR) is 89.7 cm³/mol. The Labute approximate surface area is 141 Å². The number of rotatable bonds is 6. The van der Waals surface area contributed by atoms with Crippen molar-refractivity contribution < 1.29 is 17.6 Å². The van der Waals surface area contributed by atoms with E-state index in [1.54, 1.807) is 7.05 Å². The van der Waals surface area contributed by atoms with Gasteiger partial charge in [0.2, 0.25) is 10.0 Å². The van der Waals surface area contributed by atoms with Crippen LogP contribution in [0.25, 0.3) is 0 Å². The Morgan fingerprint density at radius 3 is 2.46 bits per heavy atom. The van der Waals surface area contributed by atoms with Crippen LogP contribution in [-0.2, 0) is 16.6 Å². The highest BCUT2D eigenvalue weighted by atomic mass is 32.2. The Morgan fingerprint density at radius 1 is 1.25 bits per heavy atom. The summed E-state index contributed by atoms with van der Waals surface area (Å²) in [7, 11) is -2.01. The number of hydrogen-bond donors (Lipinski definition) is 1. The molecule has 0 fully saturated rings. The minimum atomic E-state index is -3.66. The minimum absolute atomic E-state index is 0.0543. The van der Waals surface area contributed by atoms with Crippen molar-refractivity contribution in [2.24, 2.45) is 0 Å². The van der Waals surface area contributed by atoms with Crippen LogP contribution >= 0.6 is 0 Å². The number of carbonyl (C=O) groups excluding carboxylic acids is 1. The Bertz CT molecular complexity index is 861. The van der Waals surface area contributed by atoms with Gasteiger partial charge in [0, 0.05) is 12.6 Å². The summed E-state index contributed by atoms with van der Waals surface area (Å²) in [5.74, 6) is 3.43. The molecule has 1 aromatic heterocycles. The largest absolute Gasteiger partial charge is 0.464 e. The van der Waals surface area contributed by atoms with Gasteiger partial charge in [-0.05, 0) is 43.3 Å². The molecule has 2 rings (SSSR count). The number of nitrogens with zero attached hydrogens (tertiary/aromatic N) is 1. The molecule has 7 heteroatoms. The Balaban J connectivity index is 2.09. The van der Waals surface area contributed by atoms with Gasteiger partial charge in [-0.1, -0.05) is 5.92 Å². The van der Waals surface area contributed by atoms with Gasteiger partial charge in [0.1, 0.15) is 11.5 Å². The molecule has 0 aliphatic heterocycles. The van der Waals surface area contributed by atoms with Crippen LogP contribution in [0.4, 0.5) is 0 Å². The molecule has 2 aromatic rings. The lowest BCUT2D eigenvalue weighted by atomic mass is 10.2. The number of hydrogen-bond acceptors (Lipinski definition) is 4. The van der Waals surface area contributed by atoms with E-state index in [0.717, 1.165) is 5.76 Å². The van der Waals surface area contributed by atoms with E-state index in [2.05, 4.69) is 10.6 Å². The van der Waals surface area contributed by atoms with Crippen molar-refractivity contribution in [3.05, 3.63) is 53.5 Å². The Morgan fingerprint density at radius 2 is 1.92 bits per heavy atom. The fourth-order valence-corrected chi connectivity index (χ4v) is 3.03. The Kier molecular flexibility index (Phi) is 5.44. The maximum atomic E-state index is 12.4. The molecular weight excluding hydrogens is 328 g/mol. The van der Waals surface area contributed by atoms with Gasteiger partial charge in [0.25, 0.3) is 5.91 Å². The topological polar surface area (TPSA) is 79.6 Å². The van der Waals surface area contributed by atoms with Gasteiger partial charge >= 0.3 is 0 Å². The average molecular weight is 346 g/mol. The molecule has 0 spiro atoms. The summed E-state index contributed by atoms with van der Waals surface area (Å²) in [4.78, 5) is 13.9. The first kappa shape index (κ1) is 17.8. The molecule has 0 radical (unpaired) electrons. The van der Waals surface area contributed by atoms with E-state index in [9.17, 15) is 13.2 Å². The van der Waals surface area contributed by atoms with E-state index in [1.165, 1.54) is 29.2 Å². The molecule has 1 amide bonds. The second-order valence-electron chi connectivity index (χ2n) is 5.23. The van der Waals surface area contributed by atoms with E-state index in [4.69, 9.17) is 10.8 Å². The van der Waals surface area contributed by atoms with Crippen molar-refractivity contribution in [1.29, 1.82) is 0 Å². The van der Waals surface area contributed by atoms with Crippen LogP contribution in [0.15, 0.2) is 45.7 Å². The smallest absolute Gasteiger partial charge is 0.254 e. The highest BCUT2D eigenvalue weighted by Crippen LogP contribution is 2.14. The van der Waals surface area contributed by atoms with Crippen molar-refractivity contribution in [2.45, 2.75) is 18.4 Å². The summed E-state index contributed by atoms with van der Waals surface area (Å²) >= 11 is 0. The van der Waals surface area contributed by atoms with Crippen LogP contribution in [0.2, 0.25) is 0 Å². The molecule has 24 heavy (non-hydrogen) atoms. The summed E-state index contributed by atoms with van der Waals surface area (Å²) in [6, 6.07) is 9.32. The van der Waals surface area contributed by atoms with Crippen LogP contribution in [0.5, 0.6) is 0 Å². The van der Waals surface area contributed by atoms with Crippen LogP contribution in [0, 0.1) is 19.3 Å². The maximum absolute atomic E-state index is 12.4. The lowest BCUT2D eigenvalue weighted by molar-refractivity contribution is 0.0775. The number of nitrogens with one attached hydrogen (secondary N) is 1. The monoisotopic (exact) mass is 346 g/mol. The van der Waals surface area contributed by atoms with Crippen LogP contribution in [0.3, 0.4) is 0 Å². The Hall–Kier alpha value is -2.56. The molecule has 0 atom stereocenters. The van der Waals surface area contributed by atoms with Gasteiger partial charge in [-0.15, -0.1) is 6.42 Å². The van der Waals surface area contributed by atoms with Crippen molar-refractivity contribution in [1.82, 2.24) is 9.62 Å². The number of aryl methyl sites for hydroxylation is 1. The van der Waals surface area contributed by atoms with Gasteiger partial charge in [-0.25, -0.2) is 8.42 Å². The van der Waals surface area contributed by atoms with Gasteiger partial charge in [-0.2, -0.15) is 4.72 Å². The van der Waals surface area contributed by atoms with Gasteiger partial charge in [0.05, 0.1) is 18.0 Å². The molecule has 1 heterocycles. The quantitative estimate of drug-likeness (QED) is 0.809. The molecule has 0 saturated heterocycles. The second kappa shape index (κ2) is 7.34. The SMILES string of the molecule is C#CCNS(=O)(=O)c1ccc(C(=O)N(C)Cc2ccc(C)o2)cc1. The maximum Gasteiger partial charge on any atom is 0.254 e.